The molecule has 27 heavy (non-hydrogen) atoms. The predicted octanol–water partition coefficient (Wildman–Crippen LogP) is 6.13. The standard InChI is InChI=1S/C22H29ClFNO2/c1-3-4-5-6-9-12-25-15-18-13-21(26-2)22(14-19(18)23)27-16-17-10-7-8-11-20(17)24/h7-8,10-11,13-14,25H,3-6,9,12,15-16H2,1-2H3. The van der Waals surface area contributed by atoms with Crippen molar-refractivity contribution in [2.24, 2.45) is 0 Å². The van der Waals surface area contributed by atoms with E-state index < -0.39 is 0 Å². The molecule has 2 aromatic carbocycles. The molecule has 0 aromatic heterocycles. The van der Waals surface area contributed by atoms with Crippen LogP contribution in [0.3, 0.4) is 0 Å². The number of ether oxygens (including phenoxy) is 2. The molecule has 0 unspecified atom stereocenters. The third kappa shape index (κ3) is 7.04. The van der Waals surface area contributed by atoms with E-state index in [1.807, 2.05) is 6.07 Å². The van der Waals surface area contributed by atoms with Crippen molar-refractivity contribution < 1.29 is 13.9 Å². The first-order chi connectivity index (χ1) is 13.2. The topological polar surface area (TPSA) is 30.5 Å². The van der Waals surface area contributed by atoms with Crippen molar-refractivity contribution in [3.8, 4) is 11.5 Å². The van der Waals surface area contributed by atoms with Crippen LogP contribution in [0.1, 0.15) is 50.2 Å². The Morgan fingerprint density at radius 1 is 1.00 bits per heavy atom. The highest BCUT2D eigenvalue weighted by Crippen LogP contribution is 2.34. The highest BCUT2D eigenvalue weighted by atomic mass is 35.5. The summed E-state index contributed by atoms with van der Waals surface area (Å²) in [6.07, 6.45) is 6.27. The Bertz CT molecular complexity index is 709. The van der Waals surface area contributed by atoms with E-state index in [4.69, 9.17) is 21.1 Å². The predicted molar refractivity (Wildman–Crippen MR) is 109 cm³/mol. The van der Waals surface area contributed by atoms with Crippen LogP contribution < -0.4 is 14.8 Å². The van der Waals surface area contributed by atoms with E-state index in [0.717, 1.165) is 12.1 Å². The molecule has 0 atom stereocenters. The molecule has 0 radical (unpaired) electrons. The van der Waals surface area contributed by atoms with Gasteiger partial charge in [0.1, 0.15) is 12.4 Å². The van der Waals surface area contributed by atoms with Gasteiger partial charge < -0.3 is 14.8 Å². The second-order valence-corrected chi connectivity index (χ2v) is 6.97. The van der Waals surface area contributed by atoms with Gasteiger partial charge in [-0.1, -0.05) is 62.4 Å². The minimum Gasteiger partial charge on any atom is -0.493 e. The number of hydrogen-bond acceptors (Lipinski definition) is 3. The lowest BCUT2D eigenvalue weighted by molar-refractivity contribution is 0.279. The third-order valence-corrected chi connectivity index (χ3v) is 4.80. The van der Waals surface area contributed by atoms with Crippen molar-refractivity contribution in [2.45, 2.75) is 52.2 Å². The summed E-state index contributed by atoms with van der Waals surface area (Å²) < 4.78 is 24.9. The maximum atomic E-state index is 13.7. The van der Waals surface area contributed by atoms with Gasteiger partial charge in [-0.2, -0.15) is 0 Å². The average molecular weight is 394 g/mol. The number of methoxy groups -OCH3 is 1. The van der Waals surface area contributed by atoms with Gasteiger partial charge in [0.15, 0.2) is 11.5 Å². The Morgan fingerprint density at radius 3 is 2.52 bits per heavy atom. The fourth-order valence-electron chi connectivity index (χ4n) is 2.83. The van der Waals surface area contributed by atoms with Gasteiger partial charge in [0.25, 0.3) is 0 Å². The maximum absolute atomic E-state index is 13.7. The lowest BCUT2D eigenvalue weighted by Crippen LogP contribution is -2.15. The van der Waals surface area contributed by atoms with E-state index in [2.05, 4.69) is 12.2 Å². The highest BCUT2D eigenvalue weighted by molar-refractivity contribution is 6.31. The lowest BCUT2D eigenvalue weighted by Gasteiger charge is -2.14. The van der Waals surface area contributed by atoms with Crippen molar-refractivity contribution in [3.63, 3.8) is 0 Å². The summed E-state index contributed by atoms with van der Waals surface area (Å²) in [4.78, 5) is 0. The summed E-state index contributed by atoms with van der Waals surface area (Å²) in [6.45, 7) is 3.98. The van der Waals surface area contributed by atoms with E-state index in [9.17, 15) is 4.39 Å². The highest BCUT2D eigenvalue weighted by Gasteiger charge is 2.12. The van der Waals surface area contributed by atoms with E-state index in [0.29, 0.717) is 28.6 Å². The van der Waals surface area contributed by atoms with Crippen LogP contribution in [0, 0.1) is 5.82 Å². The van der Waals surface area contributed by atoms with Gasteiger partial charge in [-0.15, -0.1) is 0 Å². The number of halogens is 2. The summed E-state index contributed by atoms with van der Waals surface area (Å²) >= 11 is 6.40. The Morgan fingerprint density at radius 2 is 1.78 bits per heavy atom. The molecule has 0 aliphatic rings. The second kappa shape index (κ2) is 11.8. The van der Waals surface area contributed by atoms with Crippen LogP contribution in [-0.4, -0.2) is 13.7 Å². The Balaban J connectivity index is 1.91. The number of benzene rings is 2. The zero-order valence-corrected chi connectivity index (χ0v) is 16.9. The van der Waals surface area contributed by atoms with Crippen molar-refractivity contribution in [1.82, 2.24) is 5.32 Å². The quantitative estimate of drug-likeness (QED) is 0.440. The number of rotatable bonds is 12. The molecule has 0 bridgehead atoms. The normalized spacial score (nSPS) is 10.8. The molecular weight excluding hydrogens is 365 g/mol. The summed E-state index contributed by atoms with van der Waals surface area (Å²) in [5.41, 5.74) is 1.45. The van der Waals surface area contributed by atoms with E-state index in [1.54, 1.807) is 31.4 Å². The average Bonchev–Trinajstić information content (AvgIpc) is 2.67. The summed E-state index contributed by atoms with van der Waals surface area (Å²) in [5.74, 6) is 0.812. The Kier molecular flexibility index (Phi) is 9.43. The van der Waals surface area contributed by atoms with Crippen molar-refractivity contribution in [3.05, 3.63) is 58.4 Å². The molecule has 0 fully saturated rings. The van der Waals surface area contributed by atoms with Gasteiger partial charge >= 0.3 is 0 Å². The molecule has 0 saturated carbocycles. The summed E-state index contributed by atoms with van der Waals surface area (Å²) in [7, 11) is 1.59. The third-order valence-electron chi connectivity index (χ3n) is 4.45. The van der Waals surface area contributed by atoms with E-state index in [1.165, 1.54) is 38.2 Å². The van der Waals surface area contributed by atoms with Crippen LogP contribution in [0.2, 0.25) is 5.02 Å². The SMILES string of the molecule is CCCCCCCNCc1cc(OC)c(OCc2ccccc2F)cc1Cl. The molecule has 5 heteroatoms. The number of nitrogens with one attached hydrogen (secondary N) is 1. The molecule has 148 valence electrons. The van der Waals surface area contributed by atoms with Crippen LogP contribution >= 0.6 is 11.6 Å². The van der Waals surface area contributed by atoms with E-state index >= 15 is 0 Å². The molecule has 0 saturated heterocycles. The molecule has 0 spiro atoms. The molecular formula is C22H29ClFNO2. The second-order valence-electron chi connectivity index (χ2n) is 6.57. The zero-order chi connectivity index (χ0) is 19.5. The van der Waals surface area contributed by atoms with Crippen molar-refractivity contribution in [2.75, 3.05) is 13.7 Å². The van der Waals surface area contributed by atoms with E-state index in [-0.39, 0.29) is 12.4 Å². The molecule has 0 aliphatic heterocycles. The molecule has 3 nitrogen and oxygen atoms in total. The molecule has 0 amide bonds. The molecule has 0 heterocycles. The van der Waals surface area contributed by atoms with Gasteiger partial charge in [0.05, 0.1) is 7.11 Å². The number of unbranched alkanes of at least 4 members (excludes halogenated alkanes) is 4. The minimum absolute atomic E-state index is 0.120. The van der Waals surface area contributed by atoms with Crippen LogP contribution in [0.4, 0.5) is 4.39 Å². The fourth-order valence-corrected chi connectivity index (χ4v) is 3.05. The van der Waals surface area contributed by atoms with Crippen LogP contribution in [0.25, 0.3) is 0 Å². The monoisotopic (exact) mass is 393 g/mol. The maximum Gasteiger partial charge on any atom is 0.163 e. The fraction of sp³-hybridized carbons (Fsp3) is 0.455. The lowest BCUT2D eigenvalue weighted by atomic mass is 10.1. The molecule has 1 N–H and O–H groups in total. The van der Waals surface area contributed by atoms with Crippen LogP contribution in [0.15, 0.2) is 36.4 Å². The zero-order valence-electron chi connectivity index (χ0n) is 16.2. The van der Waals surface area contributed by atoms with Crippen LogP contribution in [0.5, 0.6) is 11.5 Å². The summed E-state index contributed by atoms with van der Waals surface area (Å²) in [6, 6.07) is 10.2. The largest absolute Gasteiger partial charge is 0.493 e. The van der Waals surface area contributed by atoms with Gasteiger partial charge in [-0.25, -0.2) is 4.39 Å². The first-order valence-corrected chi connectivity index (χ1v) is 9.96. The van der Waals surface area contributed by atoms with Crippen molar-refractivity contribution in [1.29, 1.82) is 0 Å². The number of hydrogen-bond donors (Lipinski definition) is 1. The van der Waals surface area contributed by atoms with Gasteiger partial charge in [0, 0.05) is 23.2 Å². The Hall–Kier alpha value is -1.78. The van der Waals surface area contributed by atoms with Gasteiger partial charge in [-0.05, 0) is 30.7 Å². The van der Waals surface area contributed by atoms with Gasteiger partial charge in [-0.3, -0.25) is 0 Å². The molecule has 2 aromatic rings. The van der Waals surface area contributed by atoms with Gasteiger partial charge in [0.2, 0.25) is 0 Å². The van der Waals surface area contributed by atoms with Crippen molar-refractivity contribution >= 4 is 11.6 Å². The summed E-state index contributed by atoms with van der Waals surface area (Å²) in [5, 5.41) is 4.03. The first kappa shape index (κ1) is 21.5. The first-order valence-electron chi connectivity index (χ1n) is 9.59. The minimum atomic E-state index is -0.290. The Labute approximate surface area is 166 Å². The smallest absolute Gasteiger partial charge is 0.163 e. The van der Waals surface area contributed by atoms with Crippen LogP contribution in [-0.2, 0) is 13.2 Å². The molecule has 0 aliphatic carbocycles. The molecule has 2 rings (SSSR count).